The fraction of sp³-hybridized carbons (Fsp3) is 0.333. The number of carboxylic acid groups (broad SMARTS) is 1. The first kappa shape index (κ1) is 20.9. The van der Waals surface area contributed by atoms with Crippen molar-refractivity contribution in [2.45, 2.75) is 45.6 Å². The second kappa shape index (κ2) is 7.40. The quantitative estimate of drug-likeness (QED) is 0.448. The molecule has 4 nitrogen and oxygen atoms in total. The Balaban J connectivity index is 1.54. The third-order valence-corrected chi connectivity index (χ3v) is 7.00. The van der Waals surface area contributed by atoms with Crippen molar-refractivity contribution in [1.29, 1.82) is 0 Å². The van der Waals surface area contributed by atoms with Gasteiger partial charge in [-0.15, -0.1) is 11.3 Å². The van der Waals surface area contributed by atoms with E-state index in [1.165, 1.54) is 25.2 Å². The number of fused-ring (bicyclic) bond motifs is 1. The summed E-state index contributed by atoms with van der Waals surface area (Å²) in [6.45, 7) is 6.91. The molecule has 1 saturated carbocycles. The van der Waals surface area contributed by atoms with Crippen molar-refractivity contribution in [3.8, 4) is 5.75 Å². The summed E-state index contributed by atoms with van der Waals surface area (Å²) < 4.78 is 6.86. The molecule has 1 N–H and O–H groups in total. The maximum atomic E-state index is 13.0. The predicted molar refractivity (Wildman–Crippen MR) is 120 cm³/mol. The Morgan fingerprint density at radius 2 is 1.80 bits per heavy atom. The Labute approximate surface area is 184 Å². The molecule has 2 atom stereocenters. The van der Waals surface area contributed by atoms with Gasteiger partial charge in [-0.2, -0.15) is 0 Å². The van der Waals surface area contributed by atoms with Gasteiger partial charge in [-0.05, 0) is 86.4 Å². The molecule has 1 heterocycles. The first-order valence-corrected chi connectivity index (χ1v) is 11.0. The van der Waals surface area contributed by atoms with Gasteiger partial charge in [0.1, 0.15) is 5.75 Å². The Bertz CT molecular complexity index is 1150. The first-order valence-electron chi connectivity index (χ1n) is 9.83. The molecule has 1 aromatic heterocycles. The van der Waals surface area contributed by atoms with Crippen LogP contribution in [0.1, 0.15) is 52.5 Å². The van der Waals surface area contributed by atoms with Gasteiger partial charge in [0.05, 0.1) is 4.88 Å². The van der Waals surface area contributed by atoms with E-state index in [1.54, 1.807) is 0 Å². The SMILES string of the molecule is Cc1cc(C2CC2C(=O)c2cc3cc(Cl)ccc3s2)cc(C)c1OC(C)(C)C(=O)O. The van der Waals surface area contributed by atoms with Gasteiger partial charge in [0.25, 0.3) is 0 Å². The van der Waals surface area contributed by atoms with E-state index in [2.05, 4.69) is 0 Å². The lowest BCUT2D eigenvalue weighted by Crippen LogP contribution is -2.38. The summed E-state index contributed by atoms with van der Waals surface area (Å²) in [5.41, 5.74) is 1.56. The second-order valence-electron chi connectivity index (χ2n) is 8.51. The van der Waals surface area contributed by atoms with E-state index < -0.39 is 11.6 Å². The average Bonchev–Trinajstić information content (AvgIpc) is 3.36. The fourth-order valence-electron chi connectivity index (χ4n) is 3.83. The molecule has 30 heavy (non-hydrogen) atoms. The molecule has 6 heteroatoms. The van der Waals surface area contributed by atoms with Crippen LogP contribution in [-0.2, 0) is 4.79 Å². The van der Waals surface area contributed by atoms with Crippen LogP contribution in [0, 0.1) is 19.8 Å². The molecular weight excluding hydrogens is 420 g/mol. The lowest BCUT2D eigenvalue weighted by atomic mass is 10.00. The van der Waals surface area contributed by atoms with Crippen LogP contribution in [0.4, 0.5) is 0 Å². The minimum absolute atomic E-state index is 0.0189. The molecule has 1 fully saturated rings. The van der Waals surface area contributed by atoms with Crippen LogP contribution >= 0.6 is 22.9 Å². The average molecular weight is 443 g/mol. The number of carboxylic acids is 1. The van der Waals surface area contributed by atoms with E-state index in [9.17, 15) is 14.7 Å². The summed E-state index contributed by atoms with van der Waals surface area (Å²) in [5.74, 6) is -0.0707. The van der Waals surface area contributed by atoms with Crippen LogP contribution in [0.3, 0.4) is 0 Å². The first-order chi connectivity index (χ1) is 14.1. The molecule has 0 bridgehead atoms. The number of aliphatic carboxylic acids is 1. The van der Waals surface area contributed by atoms with Crippen molar-refractivity contribution in [1.82, 2.24) is 0 Å². The number of hydrogen-bond donors (Lipinski definition) is 1. The van der Waals surface area contributed by atoms with Gasteiger partial charge < -0.3 is 9.84 Å². The molecular formula is C24H23ClO4S. The van der Waals surface area contributed by atoms with Gasteiger partial charge in [0.2, 0.25) is 0 Å². The zero-order valence-electron chi connectivity index (χ0n) is 17.3. The number of ketones is 1. The third-order valence-electron chi connectivity index (χ3n) is 5.63. The highest BCUT2D eigenvalue weighted by Crippen LogP contribution is 2.51. The Morgan fingerprint density at radius 3 is 2.43 bits per heavy atom. The summed E-state index contributed by atoms with van der Waals surface area (Å²) in [6.07, 6.45) is 0.827. The number of Topliss-reactive ketones (excluding diaryl/α,β-unsaturated/α-hetero) is 1. The number of aryl methyl sites for hydroxylation is 2. The van der Waals surface area contributed by atoms with Gasteiger partial charge in [0.15, 0.2) is 11.4 Å². The smallest absolute Gasteiger partial charge is 0.347 e. The van der Waals surface area contributed by atoms with E-state index in [4.69, 9.17) is 16.3 Å². The van der Waals surface area contributed by atoms with E-state index in [0.717, 1.165) is 38.1 Å². The van der Waals surface area contributed by atoms with Gasteiger partial charge >= 0.3 is 5.97 Å². The van der Waals surface area contributed by atoms with Crippen LogP contribution in [0.25, 0.3) is 10.1 Å². The van der Waals surface area contributed by atoms with Gasteiger partial charge in [-0.1, -0.05) is 23.7 Å². The van der Waals surface area contributed by atoms with Crippen molar-refractivity contribution in [2.75, 3.05) is 0 Å². The van der Waals surface area contributed by atoms with Crippen molar-refractivity contribution < 1.29 is 19.4 Å². The standard InChI is InChI=1S/C24H23ClO4S/c1-12-7-14(8-13(2)22(12)29-24(3,4)23(27)28)17-11-18(17)21(26)20-10-15-9-16(25)5-6-19(15)30-20/h5-10,17-18H,11H2,1-4H3,(H,27,28). The highest BCUT2D eigenvalue weighted by atomic mass is 35.5. The predicted octanol–water partition coefficient (Wildman–Crippen LogP) is 6.40. The lowest BCUT2D eigenvalue weighted by molar-refractivity contribution is -0.152. The van der Waals surface area contributed by atoms with Crippen LogP contribution < -0.4 is 4.74 Å². The molecule has 1 aliphatic carbocycles. The van der Waals surface area contributed by atoms with E-state index >= 15 is 0 Å². The minimum Gasteiger partial charge on any atom is -0.478 e. The van der Waals surface area contributed by atoms with Gasteiger partial charge in [-0.3, -0.25) is 4.79 Å². The van der Waals surface area contributed by atoms with Crippen LogP contribution in [0.5, 0.6) is 5.75 Å². The van der Waals surface area contributed by atoms with Crippen molar-refractivity contribution in [3.05, 3.63) is 63.0 Å². The van der Waals surface area contributed by atoms with Crippen molar-refractivity contribution >= 4 is 44.8 Å². The third kappa shape index (κ3) is 3.84. The molecule has 0 spiro atoms. The summed E-state index contributed by atoms with van der Waals surface area (Å²) in [7, 11) is 0. The van der Waals surface area contributed by atoms with Gasteiger partial charge in [-0.25, -0.2) is 4.79 Å². The Hall–Kier alpha value is -2.37. The molecule has 0 amide bonds. The number of rotatable bonds is 6. The highest BCUT2D eigenvalue weighted by molar-refractivity contribution is 7.20. The Kier molecular flexibility index (Phi) is 5.15. The van der Waals surface area contributed by atoms with Crippen LogP contribution in [-0.4, -0.2) is 22.5 Å². The highest BCUT2D eigenvalue weighted by Gasteiger charge is 2.45. The van der Waals surface area contributed by atoms with Crippen LogP contribution in [0.2, 0.25) is 5.02 Å². The molecule has 2 aromatic carbocycles. The van der Waals surface area contributed by atoms with Crippen LogP contribution in [0.15, 0.2) is 36.4 Å². The monoisotopic (exact) mass is 442 g/mol. The summed E-state index contributed by atoms with van der Waals surface area (Å²) >= 11 is 7.58. The number of thiophene rings is 1. The van der Waals surface area contributed by atoms with E-state index in [-0.39, 0.29) is 17.6 Å². The number of ether oxygens (including phenoxy) is 1. The molecule has 1 aliphatic rings. The second-order valence-corrected chi connectivity index (χ2v) is 10.0. The topological polar surface area (TPSA) is 63.6 Å². The van der Waals surface area contributed by atoms with E-state index in [1.807, 2.05) is 50.2 Å². The molecule has 0 aliphatic heterocycles. The minimum atomic E-state index is -1.31. The molecule has 156 valence electrons. The zero-order valence-corrected chi connectivity index (χ0v) is 18.9. The van der Waals surface area contributed by atoms with Crippen molar-refractivity contribution in [2.24, 2.45) is 5.92 Å². The maximum Gasteiger partial charge on any atom is 0.347 e. The largest absolute Gasteiger partial charge is 0.478 e. The molecule has 2 unspecified atom stereocenters. The number of benzene rings is 2. The summed E-state index contributed by atoms with van der Waals surface area (Å²) in [6, 6.07) is 11.7. The van der Waals surface area contributed by atoms with Gasteiger partial charge in [0, 0.05) is 15.6 Å². The Morgan fingerprint density at radius 1 is 1.13 bits per heavy atom. The normalized spacial score (nSPS) is 18.4. The molecule has 0 saturated heterocycles. The van der Waals surface area contributed by atoms with Crippen molar-refractivity contribution in [3.63, 3.8) is 0 Å². The molecule has 3 aromatic rings. The molecule has 4 rings (SSSR count). The zero-order chi connectivity index (χ0) is 21.8. The molecule has 0 radical (unpaired) electrons. The number of carbonyl (C=O) groups is 2. The maximum absolute atomic E-state index is 13.0. The van der Waals surface area contributed by atoms with E-state index in [0.29, 0.717) is 10.8 Å². The fourth-order valence-corrected chi connectivity index (χ4v) is 5.06. The number of carbonyl (C=O) groups excluding carboxylic acids is 1. The number of hydrogen-bond acceptors (Lipinski definition) is 4. The lowest BCUT2D eigenvalue weighted by Gasteiger charge is -2.24. The summed E-state index contributed by atoms with van der Waals surface area (Å²) in [5, 5.41) is 11.0. The summed E-state index contributed by atoms with van der Waals surface area (Å²) in [4.78, 5) is 25.2. The number of halogens is 1.